The minimum Gasteiger partial charge on any atom is -0.366 e. The monoisotopic (exact) mass is 556 g/mol. The Labute approximate surface area is 230 Å². The van der Waals surface area contributed by atoms with Crippen molar-refractivity contribution in [3.63, 3.8) is 0 Å². The molecule has 0 aliphatic carbocycles. The first kappa shape index (κ1) is 28.8. The third-order valence-electron chi connectivity index (χ3n) is 6.51. The third kappa shape index (κ3) is 7.04. The van der Waals surface area contributed by atoms with E-state index in [4.69, 9.17) is 4.52 Å². The molecule has 2 amide bonds. The van der Waals surface area contributed by atoms with E-state index >= 15 is 0 Å². The first-order valence-electron chi connectivity index (χ1n) is 12.8. The van der Waals surface area contributed by atoms with Crippen LogP contribution in [0.25, 0.3) is 11.1 Å². The normalized spacial score (nSPS) is 14.6. The second-order valence-electron chi connectivity index (χ2n) is 10.6. The number of hydrogen-bond acceptors (Lipinski definition) is 7. The molecule has 0 saturated carbocycles. The maximum atomic E-state index is 12.5. The zero-order chi connectivity index (χ0) is 29.1. The zero-order valence-corrected chi connectivity index (χ0v) is 22.7. The first-order valence-corrected chi connectivity index (χ1v) is 12.8. The number of hydrogen-bond donors (Lipinski definition) is 1. The number of anilines is 1. The lowest BCUT2D eigenvalue weighted by Gasteiger charge is -2.36. The number of carbonyl (C=O) groups excluding carboxylic acids is 2. The second-order valence-corrected chi connectivity index (χ2v) is 10.6. The molecular weight excluding hydrogens is 525 g/mol. The fraction of sp³-hybridized carbons (Fsp3) is 0.393. The van der Waals surface area contributed by atoms with Crippen LogP contribution in [0.2, 0.25) is 0 Å². The van der Waals surface area contributed by atoms with Crippen molar-refractivity contribution in [3.8, 4) is 11.1 Å². The lowest BCUT2D eigenvalue weighted by Crippen LogP contribution is -2.48. The van der Waals surface area contributed by atoms with Crippen molar-refractivity contribution in [2.45, 2.75) is 45.8 Å². The van der Waals surface area contributed by atoms with E-state index in [1.54, 1.807) is 12.4 Å². The zero-order valence-electron chi connectivity index (χ0n) is 22.7. The molecule has 40 heavy (non-hydrogen) atoms. The Bertz CT molecular complexity index is 1400. The van der Waals surface area contributed by atoms with Crippen LogP contribution in [-0.2, 0) is 16.8 Å². The van der Waals surface area contributed by atoms with E-state index < -0.39 is 18.0 Å². The van der Waals surface area contributed by atoms with Crippen molar-refractivity contribution >= 4 is 17.5 Å². The van der Waals surface area contributed by atoms with Crippen molar-refractivity contribution < 1.29 is 27.3 Å². The SMILES string of the molecule is Cc1cc(-c2ccncc2N2CCN(C(=O)/C=C/C(F)(F)F)CC2)ccc1CNC(=O)c1noc(C(C)(C)C)n1. The van der Waals surface area contributed by atoms with Gasteiger partial charge in [0.05, 0.1) is 11.9 Å². The van der Waals surface area contributed by atoms with Crippen molar-refractivity contribution in [1.82, 2.24) is 25.3 Å². The highest BCUT2D eigenvalue weighted by molar-refractivity contribution is 5.90. The van der Waals surface area contributed by atoms with Gasteiger partial charge in [-0.05, 0) is 29.7 Å². The summed E-state index contributed by atoms with van der Waals surface area (Å²) in [7, 11) is 0. The molecular formula is C28H31F3N6O3. The lowest BCUT2D eigenvalue weighted by molar-refractivity contribution is -0.127. The van der Waals surface area contributed by atoms with Gasteiger partial charge in [0.15, 0.2) is 0 Å². The Balaban J connectivity index is 1.42. The van der Waals surface area contributed by atoms with Crippen LogP contribution in [0.5, 0.6) is 0 Å². The Hall–Kier alpha value is -4.22. The van der Waals surface area contributed by atoms with Crippen molar-refractivity contribution in [3.05, 3.63) is 71.7 Å². The Kier molecular flexibility index (Phi) is 8.26. The number of pyridine rings is 1. The quantitative estimate of drug-likeness (QED) is 0.448. The van der Waals surface area contributed by atoms with E-state index in [1.807, 2.05) is 52.0 Å². The molecule has 1 saturated heterocycles. The standard InChI is InChI=1S/C28H31F3N6O3/c1-18-15-19(5-6-20(18)16-33-25(39)24-34-26(40-35-24)27(2,3)4)21-8-10-32-17-22(21)36-11-13-37(14-12-36)23(38)7-9-28(29,30)31/h5-10,15,17H,11-14,16H2,1-4H3,(H,33,39)/b9-7+. The molecule has 3 aromatic rings. The summed E-state index contributed by atoms with van der Waals surface area (Å²) in [4.78, 5) is 36.6. The molecule has 0 spiro atoms. The van der Waals surface area contributed by atoms with E-state index in [1.165, 1.54) is 4.90 Å². The highest BCUT2D eigenvalue weighted by atomic mass is 19.4. The van der Waals surface area contributed by atoms with Crippen LogP contribution in [0.3, 0.4) is 0 Å². The largest absolute Gasteiger partial charge is 0.409 e. The Morgan fingerprint density at radius 3 is 2.45 bits per heavy atom. The van der Waals surface area contributed by atoms with Gasteiger partial charge in [0.1, 0.15) is 0 Å². The summed E-state index contributed by atoms with van der Waals surface area (Å²) < 4.78 is 42.4. The number of carbonyl (C=O) groups is 2. The molecule has 0 unspecified atom stereocenters. The van der Waals surface area contributed by atoms with Crippen molar-refractivity contribution in [1.29, 1.82) is 0 Å². The van der Waals surface area contributed by atoms with Crippen LogP contribution < -0.4 is 10.2 Å². The summed E-state index contributed by atoms with van der Waals surface area (Å²) in [6.45, 7) is 9.51. The molecule has 12 heteroatoms. The van der Waals surface area contributed by atoms with Gasteiger partial charge in [0, 0.05) is 62.1 Å². The average Bonchev–Trinajstić information content (AvgIpc) is 3.42. The number of allylic oxidation sites excluding steroid dienone is 1. The highest BCUT2D eigenvalue weighted by Gasteiger charge is 2.26. The fourth-order valence-corrected chi connectivity index (χ4v) is 4.26. The summed E-state index contributed by atoms with van der Waals surface area (Å²) in [6.07, 6.45) is -0.543. The number of nitrogens with zero attached hydrogens (tertiary/aromatic N) is 5. The number of piperazine rings is 1. The predicted molar refractivity (Wildman–Crippen MR) is 143 cm³/mol. The van der Waals surface area contributed by atoms with Gasteiger partial charge in [0.25, 0.3) is 11.7 Å². The van der Waals surface area contributed by atoms with Crippen molar-refractivity contribution in [2.75, 3.05) is 31.1 Å². The van der Waals surface area contributed by atoms with Crippen LogP contribution in [0.4, 0.5) is 18.9 Å². The number of aryl methyl sites for hydroxylation is 1. The van der Waals surface area contributed by atoms with Crippen LogP contribution in [-0.4, -0.2) is 64.2 Å². The molecule has 2 aromatic heterocycles. The number of aromatic nitrogens is 3. The van der Waals surface area contributed by atoms with E-state index in [2.05, 4.69) is 25.3 Å². The molecule has 0 bridgehead atoms. The molecule has 3 heterocycles. The minimum absolute atomic E-state index is 0.0150. The first-order chi connectivity index (χ1) is 18.8. The van der Waals surface area contributed by atoms with Gasteiger partial charge < -0.3 is 19.6 Å². The van der Waals surface area contributed by atoms with Gasteiger partial charge in [-0.1, -0.05) is 44.1 Å². The minimum atomic E-state index is -4.52. The summed E-state index contributed by atoms with van der Waals surface area (Å²) in [6, 6.07) is 7.82. The fourth-order valence-electron chi connectivity index (χ4n) is 4.26. The maximum Gasteiger partial charge on any atom is 0.409 e. The Morgan fingerprint density at radius 1 is 1.10 bits per heavy atom. The third-order valence-corrected chi connectivity index (χ3v) is 6.51. The van der Waals surface area contributed by atoms with Crippen LogP contribution >= 0.6 is 0 Å². The number of alkyl halides is 3. The van der Waals surface area contributed by atoms with Crippen LogP contribution in [0, 0.1) is 6.92 Å². The molecule has 4 rings (SSSR count). The van der Waals surface area contributed by atoms with E-state index in [0.717, 1.165) is 27.9 Å². The number of halogens is 3. The number of nitrogens with one attached hydrogen (secondary N) is 1. The van der Waals surface area contributed by atoms with Gasteiger partial charge in [-0.2, -0.15) is 18.2 Å². The smallest absolute Gasteiger partial charge is 0.366 e. The number of benzene rings is 1. The highest BCUT2D eigenvalue weighted by Crippen LogP contribution is 2.32. The molecule has 1 aliphatic heterocycles. The van der Waals surface area contributed by atoms with Gasteiger partial charge in [-0.25, -0.2) is 0 Å². The van der Waals surface area contributed by atoms with E-state index in [9.17, 15) is 22.8 Å². The van der Waals surface area contributed by atoms with E-state index in [-0.39, 0.29) is 23.9 Å². The van der Waals surface area contributed by atoms with E-state index in [0.29, 0.717) is 38.1 Å². The predicted octanol–water partition coefficient (Wildman–Crippen LogP) is 4.43. The summed E-state index contributed by atoms with van der Waals surface area (Å²) >= 11 is 0. The summed E-state index contributed by atoms with van der Waals surface area (Å²) in [5, 5.41) is 6.61. The van der Waals surface area contributed by atoms with Crippen LogP contribution in [0.1, 0.15) is 48.4 Å². The van der Waals surface area contributed by atoms with Crippen LogP contribution in [0.15, 0.2) is 53.3 Å². The second kappa shape index (κ2) is 11.5. The molecule has 1 fully saturated rings. The summed E-state index contributed by atoms with van der Waals surface area (Å²) in [5.74, 6) is -0.710. The van der Waals surface area contributed by atoms with Gasteiger partial charge in [0.2, 0.25) is 11.8 Å². The van der Waals surface area contributed by atoms with Gasteiger partial charge in [-0.15, -0.1) is 0 Å². The van der Waals surface area contributed by atoms with Crippen molar-refractivity contribution in [2.24, 2.45) is 0 Å². The molecule has 1 aromatic carbocycles. The number of rotatable bonds is 6. The van der Waals surface area contributed by atoms with Gasteiger partial charge in [-0.3, -0.25) is 14.6 Å². The topological polar surface area (TPSA) is 104 Å². The molecule has 9 nitrogen and oxygen atoms in total. The lowest BCUT2D eigenvalue weighted by atomic mass is 9.97. The maximum absolute atomic E-state index is 12.5. The average molecular weight is 557 g/mol. The number of amides is 2. The Morgan fingerprint density at radius 2 is 1.82 bits per heavy atom. The van der Waals surface area contributed by atoms with Gasteiger partial charge >= 0.3 is 6.18 Å². The molecule has 0 atom stereocenters. The molecule has 0 radical (unpaired) electrons. The molecule has 1 aliphatic rings. The summed E-state index contributed by atoms with van der Waals surface area (Å²) in [5.41, 5.74) is 4.29. The molecule has 212 valence electrons. The molecule has 1 N–H and O–H groups in total.